The molecule has 0 atom stereocenters. The number of thioether (sulfide) groups is 1. The number of carbonyl (C=O) groups excluding carboxylic acids is 1. The number of hydrogen-bond donors (Lipinski definition) is 1. The Bertz CT molecular complexity index is 1180. The number of aryl methyl sites for hydroxylation is 1. The predicted molar refractivity (Wildman–Crippen MR) is 140 cm³/mol. The fourth-order valence-corrected chi connectivity index (χ4v) is 5.06. The van der Waals surface area contributed by atoms with E-state index in [9.17, 15) is 4.79 Å². The fourth-order valence-electron chi connectivity index (χ4n) is 3.59. The van der Waals surface area contributed by atoms with Gasteiger partial charge in [0.25, 0.3) is 5.91 Å². The van der Waals surface area contributed by atoms with Crippen molar-refractivity contribution in [1.29, 1.82) is 0 Å². The average molecular weight is 482 g/mol. The Labute approximate surface area is 203 Å². The third-order valence-corrected chi connectivity index (χ3v) is 7.00. The standard InChI is InChI=1S/C25H24ClN3OS2/c1-2-17-5-7-18(8-6-17)15-23-24(30)29(25(31)32-23)14-4-3-12-27-21-11-13-28-22-16-19(26)9-10-20(21)22/h5-11,13,15-16H,2-4,12,14H2,1H3,(H,27,28)/b23-15-. The number of benzene rings is 2. The lowest BCUT2D eigenvalue weighted by molar-refractivity contribution is -0.122. The van der Waals surface area contributed by atoms with Crippen LogP contribution in [0.4, 0.5) is 5.69 Å². The van der Waals surface area contributed by atoms with E-state index in [-0.39, 0.29) is 5.91 Å². The van der Waals surface area contributed by atoms with Crippen molar-refractivity contribution in [3.05, 3.63) is 75.8 Å². The highest BCUT2D eigenvalue weighted by molar-refractivity contribution is 8.26. The van der Waals surface area contributed by atoms with Crippen molar-refractivity contribution in [3.8, 4) is 0 Å². The van der Waals surface area contributed by atoms with Crippen LogP contribution in [0, 0.1) is 0 Å². The maximum absolute atomic E-state index is 12.8. The molecule has 1 aliphatic rings. The van der Waals surface area contributed by atoms with Crippen LogP contribution in [0.1, 0.15) is 30.9 Å². The van der Waals surface area contributed by atoms with Crippen LogP contribution in [0.5, 0.6) is 0 Å². The number of fused-ring (bicyclic) bond motifs is 1. The van der Waals surface area contributed by atoms with Crippen LogP contribution in [0.2, 0.25) is 5.02 Å². The lowest BCUT2D eigenvalue weighted by Gasteiger charge is -2.15. The van der Waals surface area contributed by atoms with Gasteiger partial charge in [-0.2, -0.15) is 0 Å². The van der Waals surface area contributed by atoms with Gasteiger partial charge in [-0.3, -0.25) is 14.7 Å². The fraction of sp³-hybridized carbons (Fsp3) is 0.240. The predicted octanol–water partition coefficient (Wildman–Crippen LogP) is 6.54. The summed E-state index contributed by atoms with van der Waals surface area (Å²) in [7, 11) is 0. The van der Waals surface area contributed by atoms with Gasteiger partial charge < -0.3 is 5.32 Å². The van der Waals surface area contributed by atoms with Crippen LogP contribution in [-0.2, 0) is 11.2 Å². The number of unbranched alkanes of at least 4 members (excludes halogenated alkanes) is 1. The number of nitrogens with one attached hydrogen (secondary N) is 1. The minimum Gasteiger partial charge on any atom is -0.384 e. The molecule has 164 valence electrons. The minimum atomic E-state index is 0.00420. The molecule has 1 aliphatic heterocycles. The van der Waals surface area contributed by atoms with E-state index in [0.29, 0.717) is 20.8 Å². The molecule has 0 unspecified atom stereocenters. The molecule has 0 spiro atoms. The molecule has 0 aliphatic carbocycles. The maximum Gasteiger partial charge on any atom is 0.266 e. The molecule has 7 heteroatoms. The van der Waals surface area contributed by atoms with Gasteiger partial charge in [0.2, 0.25) is 0 Å². The molecule has 1 amide bonds. The zero-order chi connectivity index (χ0) is 22.5. The summed E-state index contributed by atoms with van der Waals surface area (Å²) in [4.78, 5) is 19.6. The molecule has 0 radical (unpaired) electrons. The molecule has 3 aromatic rings. The zero-order valence-electron chi connectivity index (χ0n) is 17.8. The topological polar surface area (TPSA) is 45.2 Å². The van der Waals surface area contributed by atoms with E-state index in [1.54, 1.807) is 11.1 Å². The highest BCUT2D eigenvalue weighted by atomic mass is 35.5. The van der Waals surface area contributed by atoms with Crippen molar-refractivity contribution in [2.75, 3.05) is 18.4 Å². The summed E-state index contributed by atoms with van der Waals surface area (Å²) in [5.41, 5.74) is 4.22. The summed E-state index contributed by atoms with van der Waals surface area (Å²) in [5.74, 6) is 0.00420. The molecule has 1 saturated heterocycles. The smallest absolute Gasteiger partial charge is 0.266 e. The van der Waals surface area contributed by atoms with Gasteiger partial charge in [0.05, 0.1) is 10.4 Å². The number of amides is 1. The van der Waals surface area contributed by atoms with Gasteiger partial charge in [-0.1, -0.05) is 66.8 Å². The van der Waals surface area contributed by atoms with E-state index in [1.807, 2.05) is 42.5 Å². The van der Waals surface area contributed by atoms with E-state index in [2.05, 4.69) is 29.4 Å². The van der Waals surface area contributed by atoms with E-state index < -0.39 is 0 Å². The second kappa shape index (κ2) is 10.5. The van der Waals surface area contributed by atoms with Crippen molar-refractivity contribution < 1.29 is 4.79 Å². The van der Waals surface area contributed by atoms with E-state index in [1.165, 1.54) is 17.3 Å². The van der Waals surface area contributed by atoms with Crippen molar-refractivity contribution in [1.82, 2.24) is 9.88 Å². The highest BCUT2D eigenvalue weighted by Gasteiger charge is 2.31. The van der Waals surface area contributed by atoms with Crippen LogP contribution in [0.25, 0.3) is 17.0 Å². The molecule has 1 N–H and O–H groups in total. The van der Waals surface area contributed by atoms with Crippen molar-refractivity contribution in [2.24, 2.45) is 0 Å². The molecular weight excluding hydrogens is 458 g/mol. The van der Waals surface area contributed by atoms with E-state index in [0.717, 1.165) is 48.0 Å². The van der Waals surface area contributed by atoms with Gasteiger partial charge in [0.15, 0.2) is 0 Å². The first kappa shape index (κ1) is 22.8. The molecule has 1 aromatic heterocycles. The molecule has 0 saturated carbocycles. The summed E-state index contributed by atoms with van der Waals surface area (Å²) < 4.78 is 0.636. The quantitative estimate of drug-likeness (QED) is 0.225. The number of aromatic nitrogens is 1. The van der Waals surface area contributed by atoms with Crippen LogP contribution >= 0.6 is 35.6 Å². The van der Waals surface area contributed by atoms with E-state index in [4.69, 9.17) is 23.8 Å². The minimum absolute atomic E-state index is 0.00420. The third-order valence-electron chi connectivity index (χ3n) is 5.39. The van der Waals surface area contributed by atoms with Gasteiger partial charge in [0.1, 0.15) is 4.32 Å². The monoisotopic (exact) mass is 481 g/mol. The lowest BCUT2D eigenvalue weighted by Crippen LogP contribution is -2.29. The average Bonchev–Trinajstić information content (AvgIpc) is 3.06. The maximum atomic E-state index is 12.8. The SMILES string of the molecule is CCc1ccc(/C=C2\SC(=S)N(CCCCNc3ccnc4cc(Cl)ccc34)C2=O)cc1. The molecule has 0 bridgehead atoms. The van der Waals surface area contributed by atoms with Crippen molar-refractivity contribution >= 4 is 68.5 Å². The number of nitrogens with zero attached hydrogens (tertiary/aromatic N) is 2. The number of anilines is 1. The third kappa shape index (κ3) is 5.31. The number of pyridine rings is 1. The van der Waals surface area contributed by atoms with Gasteiger partial charge >= 0.3 is 0 Å². The van der Waals surface area contributed by atoms with Crippen LogP contribution < -0.4 is 5.32 Å². The Kier molecular flexibility index (Phi) is 7.45. The molecule has 4 rings (SSSR count). The Morgan fingerprint density at radius 1 is 1.16 bits per heavy atom. The number of halogens is 1. The zero-order valence-corrected chi connectivity index (χ0v) is 20.2. The summed E-state index contributed by atoms with van der Waals surface area (Å²) in [6, 6.07) is 16.0. The van der Waals surface area contributed by atoms with Gasteiger partial charge in [0, 0.05) is 35.4 Å². The normalized spacial score (nSPS) is 15.2. The van der Waals surface area contributed by atoms with Crippen LogP contribution in [0.15, 0.2) is 59.6 Å². The van der Waals surface area contributed by atoms with Crippen molar-refractivity contribution in [2.45, 2.75) is 26.2 Å². The van der Waals surface area contributed by atoms with Gasteiger partial charge in [-0.05, 0) is 60.7 Å². The number of hydrogen-bond acceptors (Lipinski definition) is 5. The first-order valence-electron chi connectivity index (χ1n) is 10.7. The largest absolute Gasteiger partial charge is 0.384 e. The first-order valence-corrected chi connectivity index (χ1v) is 12.3. The van der Waals surface area contributed by atoms with Crippen molar-refractivity contribution in [3.63, 3.8) is 0 Å². The summed E-state index contributed by atoms with van der Waals surface area (Å²) in [5, 5.41) is 5.20. The van der Waals surface area contributed by atoms with Crippen LogP contribution in [-0.4, -0.2) is 33.2 Å². The van der Waals surface area contributed by atoms with Crippen LogP contribution in [0.3, 0.4) is 0 Å². The van der Waals surface area contributed by atoms with Gasteiger partial charge in [-0.25, -0.2) is 0 Å². The number of rotatable bonds is 8. The molecule has 4 nitrogen and oxygen atoms in total. The molecular formula is C25H24ClN3OS2. The summed E-state index contributed by atoms with van der Waals surface area (Å²) >= 11 is 12.9. The van der Waals surface area contributed by atoms with Gasteiger partial charge in [-0.15, -0.1) is 0 Å². The Morgan fingerprint density at radius 2 is 1.97 bits per heavy atom. The molecule has 2 heterocycles. The highest BCUT2D eigenvalue weighted by Crippen LogP contribution is 2.33. The molecule has 2 aromatic carbocycles. The number of thiocarbonyl (C=S) groups is 1. The Hall–Kier alpha value is -2.41. The molecule has 32 heavy (non-hydrogen) atoms. The Morgan fingerprint density at radius 3 is 2.75 bits per heavy atom. The second-order valence-corrected chi connectivity index (χ2v) is 9.69. The van der Waals surface area contributed by atoms with E-state index >= 15 is 0 Å². The summed E-state index contributed by atoms with van der Waals surface area (Å²) in [6.07, 6.45) is 6.51. The Balaban J connectivity index is 1.29. The second-order valence-electron chi connectivity index (χ2n) is 7.58. The summed E-state index contributed by atoms with van der Waals surface area (Å²) in [6.45, 7) is 3.56. The number of carbonyl (C=O) groups is 1. The lowest BCUT2D eigenvalue weighted by atomic mass is 10.1. The first-order chi connectivity index (χ1) is 15.5. The molecule has 1 fully saturated rings.